The summed E-state index contributed by atoms with van der Waals surface area (Å²) in [6.07, 6.45) is 0. The summed E-state index contributed by atoms with van der Waals surface area (Å²) in [4.78, 5) is 11.8. The highest BCUT2D eigenvalue weighted by molar-refractivity contribution is 9.10. The summed E-state index contributed by atoms with van der Waals surface area (Å²) < 4.78 is 13.9. The topological polar surface area (TPSA) is 29.1 Å². The number of Topliss-reactive ketones (excluding diaryl/α,β-unsaturated/α-hetero) is 1. The first kappa shape index (κ1) is 12.8. The van der Waals surface area contributed by atoms with Gasteiger partial charge in [-0.3, -0.25) is 4.79 Å². The van der Waals surface area contributed by atoms with Crippen LogP contribution < -0.4 is 5.32 Å². The van der Waals surface area contributed by atoms with E-state index < -0.39 is 0 Å². The molecule has 0 atom stereocenters. The van der Waals surface area contributed by atoms with Crippen LogP contribution in [0.25, 0.3) is 0 Å². The first-order valence-corrected chi connectivity index (χ1v) is 6.22. The molecule has 0 radical (unpaired) electrons. The predicted octanol–water partition coefficient (Wildman–Crippen LogP) is 3.88. The number of rotatable bonds is 4. The van der Waals surface area contributed by atoms with Gasteiger partial charge in [0.05, 0.1) is 6.54 Å². The Morgan fingerprint density at radius 2 is 1.89 bits per heavy atom. The van der Waals surface area contributed by atoms with E-state index in [0.29, 0.717) is 11.3 Å². The molecule has 0 heterocycles. The minimum atomic E-state index is -0.323. The number of hydrogen-bond acceptors (Lipinski definition) is 2. The first-order chi connectivity index (χ1) is 8.65. The lowest BCUT2D eigenvalue weighted by atomic mass is 10.1. The molecule has 0 saturated carbocycles. The number of benzene rings is 2. The molecule has 0 spiro atoms. The molecular formula is C14H11BrFNO. The lowest BCUT2D eigenvalue weighted by Crippen LogP contribution is -2.13. The van der Waals surface area contributed by atoms with Crippen molar-refractivity contribution in [2.45, 2.75) is 0 Å². The van der Waals surface area contributed by atoms with E-state index in [-0.39, 0.29) is 18.1 Å². The highest BCUT2D eigenvalue weighted by atomic mass is 79.9. The van der Waals surface area contributed by atoms with E-state index >= 15 is 0 Å². The fraction of sp³-hybridized carbons (Fsp3) is 0.0714. The summed E-state index contributed by atoms with van der Waals surface area (Å²) in [5.41, 5.74) is 1.22. The zero-order valence-corrected chi connectivity index (χ0v) is 11.1. The summed E-state index contributed by atoms with van der Waals surface area (Å²) in [6.45, 7) is 0.144. The molecule has 0 aliphatic heterocycles. The Balaban J connectivity index is 1.98. The largest absolute Gasteiger partial charge is 0.377 e. The molecule has 2 aromatic rings. The lowest BCUT2D eigenvalue weighted by Gasteiger charge is -2.05. The third-order valence-corrected chi connectivity index (χ3v) is 2.97. The fourth-order valence-corrected chi connectivity index (χ4v) is 1.78. The van der Waals surface area contributed by atoms with Crippen molar-refractivity contribution in [1.82, 2.24) is 0 Å². The number of nitrogens with one attached hydrogen (secondary N) is 1. The summed E-state index contributed by atoms with van der Waals surface area (Å²) in [5.74, 6) is -0.358. The highest BCUT2D eigenvalue weighted by Gasteiger charge is 2.05. The van der Waals surface area contributed by atoms with Crippen LogP contribution in [0.15, 0.2) is 53.0 Å². The van der Waals surface area contributed by atoms with Gasteiger partial charge in [-0.25, -0.2) is 4.39 Å². The molecule has 0 bridgehead atoms. The Kier molecular flexibility index (Phi) is 4.10. The standard InChI is InChI=1S/C14H11BrFNO/c15-11-6-4-10(5-7-11)14(18)9-17-13-3-1-2-12(16)8-13/h1-8,17H,9H2. The molecule has 92 valence electrons. The van der Waals surface area contributed by atoms with Gasteiger partial charge in [0, 0.05) is 15.7 Å². The van der Waals surface area contributed by atoms with E-state index in [0.717, 1.165) is 4.47 Å². The zero-order valence-electron chi connectivity index (χ0n) is 9.49. The lowest BCUT2D eigenvalue weighted by molar-refractivity contribution is 0.101. The first-order valence-electron chi connectivity index (χ1n) is 5.43. The quantitative estimate of drug-likeness (QED) is 0.868. The Morgan fingerprint density at radius 3 is 2.56 bits per heavy atom. The van der Waals surface area contributed by atoms with Gasteiger partial charge in [-0.1, -0.05) is 34.1 Å². The van der Waals surface area contributed by atoms with E-state index in [9.17, 15) is 9.18 Å². The van der Waals surface area contributed by atoms with E-state index in [2.05, 4.69) is 21.2 Å². The van der Waals surface area contributed by atoms with Crippen LogP contribution in [-0.4, -0.2) is 12.3 Å². The molecule has 2 nitrogen and oxygen atoms in total. The second-order valence-corrected chi connectivity index (χ2v) is 4.71. The highest BCUT2D eigenvalue weighted by Crippen LogP contribution is 2.12. The van der Waals surface area contributed by atoms with Crippen molar-refractivity contribution < 1.29 is 9.18 Å². The number of carbonyl (C=O) groups excluding carboxylic acids is 1. The van der Waals surface area contributed by atoms with Crippen LogP contribution in [0.2, 0.25) is 0 Å². The molecule has 0 fully saturated rings. The molecule has 18 heavy (non-hydrogen) atoms. The molecule has 2 rings (SSSR count). The Bertz CT molecular complexity index is 554. The molecule has 0 aromatic heterocycles. The zero-order chi connectivity index (χ0) is 13.0. The molecule has 0 aliphatic rings. The molecule has 0 saturated heterocycles. The van der Waals surface area contributed by atoms with E-state index in [4.69, 9.17) is 0 Å². The molecule has 1 N–H and O–H groups in total. The minimum Gasteiger partial charge on any atom is -0.377 e. The average molecular weight is 308 g/mol. The SMILES string of the molecule is O=C(CNc1cccc(F)c1)c1ccc(Br)cc1. The number of halogens is 2. The van der Waals surface area contributed by atoms with Gasteiger partial charge in [0.15, 0.2) is 5.78 Å². The maximum absolute atomic E-state index is 12.9. The maximum atomic E-state index is 12.9. The average Bonchev–Trinajstić information content (AvgIpc) is 2.37. The van der Waals surface area contributed by atoms with Gasteiger partial charge in [-0.05, 0) is 30.3 Å². The predicted molar refractivity (Wildman–Crippen MR) is 73.4 cm³/mol. The third kappa shape index (κ3) is 3.40. The summed E-state index contributed by atoms with van der Waals surface area (Å²) in [6, 6.07) is 13.2. The molecule has 2 aromatic carbocycles. The summed E-state index contributed by atoms with van der Waals surface area (Å²) in [5, 5.41) is 2.90. The van der Waals surface area contributed by atoms with Gasteiger partial charge in [-0.2, -0.15) is 0 Å². The van der Waals surface area contributed by atoms with Crippen LogP contribution >= 0.6 is 15.9 Å². The Labute approximate surface area is 113 Å². The number of carbonyl (C=O) groups is 1. The van der Waals surface area contributed by atoms with E-state index in [1.165, 1.54) is 12.1 Å². The van der Waals surface area contributed by atoms with Crippen LogP contribution in [-0.2, 0) is 0 Å². The van der Waals surface area contributed by atoms with Crippen LogP contribution in [0.1, 0.15) is 10.4 Å². The van der Waals surface area contributed by atoms with Gasteiger partial charge in [0.1, 0.15) is 5.82 Å². The number of ketones is 1. The smallest absolute Gasteiger partial charge is 0.181 e. The van der Waals surface area contributed by atoms with Crippen molar-refractivity contribution in [2.24, 2.45) is 0 Å². The fourth-order valence-electron chi connectivity index (χ4n) is 1.52. The summed E-state index contributed by atoms with van der Waals surface area (Å²) >= 11 is 3.31. The Morgan fingerprint density at radius 1 is 1.17 bits per heavy atom. The third-order valence-electron chi connectivity index (χ3n) is 2.44. The van der Waals surface area contributed by atoms with Crippen molar-refractivity contribution >= 4 is 27.4 Å². The summed E-state index contributed by atoms with van der Waals surface area (Å²) in [7, 11) is 0. The second kappa shape index (κ2) is 5.78. The maximum Gasteiger partial charge on any atom is 0.181 e. The van der Waals surface area contributed by atoms with Gasteiger partial charge in [-0.15, -0.1) is 0 Å². The Hall–Kier alpha value is -1.68. The molecule has 0 aliphatic carbocycles. The van der Waals surface area contributed by atoms with Gasteiger partial charge < -0.3 is 5.32 Å². The molecular weight excluding hydrogens is 297 g/mol. The van der Waals surface area contributed by atoms with Crippen molar-refractivity contribution in [3.63, 3.8) is 0 Å². The van der Waals surface area contributed by atoms with Crippen LogP contribution in [0, 0.1) is 5.82 Å². The second-order valence-electron chi connectivity index (χ2n) is 3.79. The monoisotopic (exact) mass is 307 g/mol. The number of hydrogen-bond donors (Lipinski definition) is 1. The molecule has 0 amide bonds. The van der Waals surface area contributed by atoms with Crippen LogP contribution in [0.3, 0.4) is 0 Å². The van der Waals surface area contributed by atoms with Gasteiger partial charge in [0.25, 0.3) is 0 Å². The van der Waals surface area contributed by atoms with Crippen LogP contribution in [0.4, 0.5) is 10.1 Å². The van der Waals surface area contributed by atoms with Crippen LogP contribution in [0.5, 0.6) is 0 Å². The van der Waals surface area contributed by atoms with Crippen molar-refractivity contribution in [1.29, 1.82) is 0 Å². The van der Waals surface area contributed by atoms with E-state index in [1.54, 1.807) is 24.3 Å². The normalized spacial score (nSPS) is 10.1. The molecule has 4 heteroatoms. The van der Waals surface area contributed by atoms with Crippen molar-refractivity contribution in [2.75, 3.05) is 11.9 Å². The van der Waals surface area contributed by atoms with Gasteiger partial charge in [0.2, 0.25) is 0 Å². The van der Waals surface area contributed by atoms with Gasteiger partial charge >= 0.3 is 0 Å². The minimum absolute atomic E-state index is 0.0354. The van der Waals surface area contributed by atoms with Crippen molar-refractivity contribution in [3.8, 4) is 0 Å². The van der Waals surface area contributed by atoms with Crippen molar-refractivity contribution in [3.05, 3.63) is 64.4 Å². The molecule has 0 unspecified atom stereocenters. The number of anilines is 1. The van der Waals surface area contributed by atoms with E-state index in [1.807, 2.05) is 12.1 Å².